The number of hydrogen-bond donors (Lipinski definition) is 2. The number of aryl methyl sites for hydroxylation is 1. The van der Waals surface area contributed by atoms with E-state index in [-0.39, 0.29) is 5.60 Å². The highest BCUT2D eigenvalue weighted by atomic mass is 16.5. The summed E-state index contributed by atoms with van der Waals surface area (Å²) in [5, 5.41) is 6.78. The highest BCUT2D eigenvalue weighted by Gasteiger charge is 2.30. The molecule has 0 saturated carbocycles. The summed E-state index contributed by atoms with van der Waals surface area (Å²) >= 11 is 0. The first-order valence-corrected chi connectivity index (χ1v) is 6.52. The predicted molar refractivity (Wildman–Crippen MR) is 69.8 cm³/mol. The van der Waals surface area contributed by atoms with Gasteiger partial charge in [-0.1, -0.05) is 0 Å². The topological polar surface area (TPSA) is 33.3 Å². The number of anilines is 1. The van der Waals surface area contributed by atoms with Gasteiger partial charge in [0.15, 0.2) is 0 Å². The molecule has 0 aliphatic carbocycles. The Hall–Kier alpha value is -1.22. The van der Waals surface area contributed by atoms with Gasteiger partial charge in [0.05, 0.1) is 0 Å². The van der Waals surface area contributed by atoms with Gasteiger partial charge < -0.3 is 15.4 Å². The van der Waals surface area contributed by atoms with Crippen LogP contribution in [0.25, 0.3) is 0 Å². The first kappa shape index (κ1) is 10.9. The minimum absolute atomic E-state index is 0.0314. The van der Waals surface area contributed by atoms with E-state index in [9.17, 15) is 0 Å². The molecular weight excluding hydrogens is 212 g/mol. The fourth-order valence-corrected chi connectivity index (χ4v) is 2.68. The van der Waals surface area contributed by atoms with Crippen molar-refractivity contribution in [1.29, 1.82) is 0 Å². The fraction of sp³-hybridized carbons (Fsp3) is 0.571. The van der Waals surface area contributed by atoms with Crippen molar-refractivity contribution in [2.24, 2.45) is 0 Å². The maximum atomic E-state index is 6.14. The van der Waals surface area contributed by atoms with E-state index in [1.165, 1.54) is 17.7 Å². The molecule has 3 nitrogen and oxygen atoms in total. The standard InChI is InChI=1S/C14H20N2O/c1-14(6-8-15-10-14)17-12-4-5-13-11(9-12)3-2-7-16-13/h4-5,9,15-16H,2-3,6-8,10H2,1H3. The smallest absolute Gasteiger partial charge is 0.120 e. The zero-order chi connectivity index (χ0) is 11.7. The Kier molecular flexibility index (Phi) is 2.71. The van der Waals surface area contributed by atoms with E-state index in [1.54, 1.807) is 0 Å². The molecule has 0 amide bonds. The van der Waals surface area contributed by atoms with Crippen molar-refractivity contribution in [3.8, 4) is 5.75 Å². The maximum Gasteiger partial charge on any atom is 0.120 e. The van der Waals surface area contributed by atoms with Crippen LogP contribution in [0.15, 0.2) is 18.2 Å². The van der Waals surface area contributed by atoms with Crippen LogP contribution in [-0.2, 0) is 6.42 Å². The van der Waals surface area contributed by atoms with Crippen molar-refractivity contribution in [2.45, 2.75) is 31.8 Å². The van der Waals surface area contributed by atoms with Crippen molar-refractivity contribution >= 4 is 5.69 Å². The molecule has 1 aromatic carbocycles. The van der Waals surface area contributed by atoms with E-state index < -0.39 is 0 Å². The third-order valence-electron chi connectivity index (χ3n) is 3.71. The molecule has 2 aliphatic heterocycles. The quantitative estimate of drug-likeness (QED) is 0.820. The molecule has 1 unspecified atom stereocenters. The third kappa shape index (κ3) is 2.25. The van der Waals surface area contributed by atoms with Crippen molar-refractivity contribution in [3.05, 3.63) is 23.8 Å². The van der Waals surface area contributed by atoms with Gasteiger partial charge in [0.25, 0.3) is 0 Å². The molecule has 2 aliphatic rings. The van der Waals surface area contributed by atoms with E-state index in [1.807, 2.05) is 0 Å². The first-order valence-electron chi connectivity index (χ1n) is 6.52. The van der Waals surface area contributed by atoms with Crippen LogP contribution < -0.4 is 15.4 Å². The molecule has 3 heteroatoms. The lowest BCUT2D eigenvalue weighted by molar-refractivity contribution is 0.111. The van der Waals surface area contributed by atoms with Gasteiger partial charge in [0, 0.05) is 25.2 Å². The first-order chi connectivity index (χ1) is 8.25. The van der Waals surface area contributed by atoms with E-state index in [4.69, 9.17) is 4.74 Å². The second-order valence-corrected chi connectivity index (χ2v) is 5.33. The zero-order valence-corrected chi connectivity index (χ0v) is 10.4. The summed E-state index contributed by atoms with van der Waals surface area (Å²) in [7, 11) is 0. The lowest BCUT2D eigenvalue weighted by Crippen LogP contribution is -2.34. The SMILES string of the molecule is CC1(Oc2ccc3c(c2)CCCN3)CCNC1. The monoisotopic (exact) mass is 232 g/mol. The average molecular weight is 232 g/mol. The Balaban J connectivity index is 1.79. The minimum Gasteiger partial charge on any atom is -0.486 e. The van der Waals surface area contributed by atoms with Gasteiger partial charge in [0.1, 0.15) is 11.4 Å². The Bertz CT molecular complexity index is 411. The molecule has 2 N–H and O–H groups in total. The Morgan fingerprint density at radius 1 is 1.29 bits per heavy atom. The van der Waals surface area contributed by atoms with Gasteiger partial charge in [-0.25, -0.2) is 0 Å². The van der Waals surface area contributed by atoms with Crippen LogP contribution in [0.1, 0.15) is 25.3 Å². The van der Waals surface area contributed by atoms with E-state index in [0.29, 0.717) is 0 Å². The van der Waals surface area contributed by atoms with Crippen LogP contribution in [0.4, 0.5) is 5.69 Å². The molecule has 1 fully saturated rings. The summed E-state index contributed by atoms with van der Waals surface area (Å²) in [4.78, 5) is 0. The summed E-state index contributed by atoms with van der Waals surface area (Å²) in [6, 6.07) is 6.43. The molecule has 1 atom stereocenters. The number of benzene rings is 1. The van der Waals surface area contributed by atoms with Gasteiger partial charge >= 0.3 is 0 Å². The van der Waals surface area contributed by atoms with Gasteiger partial charge in [-0.15, -0.1) is 0 Å². The van der Waals surface area contributed by atoms with Gasteiger partial charge in [0.2, 0.25) is 0 Å². The Morgan fingerprint density at radius 3 is 3.06 bits per heavy atom. The van der Waals surface area contributed by atoms with Crippen LogP contribution in [0, 0.1) is 0 Å². The van der Waals surface area contributed by atoms with Gasteiger partial charge in [-0.05, 0) is 50.1 Å². The van der Waals surface area contributed by atoms with Crippen LogP contribution >= 0.6 is 0 Å². The number of ether oxygens (including phenoxy) is 1. The third-order valence-corrected chi connectivity index (χ3v) is 3.71. The molecule has 0 aromatic heterocycles. The number of nitrogens with one attached hydrogen (secondary N) is 2. The lowest BCUT2D eigenvalue weighted by Gasteiger charge is -2.26. The largest absolute Gasteiger partial charge is 0.486 e. The molecule has 0 bridgehead atoms. The van der Waals surface area contributed by atoms with E-state index in [2.05, 4.69) is 35.8 Å². The molecule has 0 spiro atoms. The molecule has 17 heavy (non-hydrogen) atoms. The second kappa shape index (κ2) is 4.22. The van der Waals surface area contributed by atoms with Crippen molar-refractivity contribution < 1.29 is 4.74 Å². The summed E-state index contributed by atoms with van der Waals surface area (Å²) in [6.45, 7) is 5.28. The summed E-state index contributed by atoms with van der Waals surface area (Å²) in [5.41, 5.74) is 2.64. The summed E-state index contributed by atoms with van der Waals surface area (Å²) < 4.78 is 6.14. The summed E-state index contributed by atoms with van der Waals surface area (Å²) in [5.74, 6) is 1.01. The highest BCUT2D eigenvalue weighted by Crippen LogP contribution is 2.29. The number of fused-ring (bicyclic) bond motifs is 1. The van der Waals surface area contributed by atoms with Crippen LogP contribution in [0.2, 0.25) is 0 Å². The van der Waals surface area contributed by atoms with Crippen LogP contribution in [-0.4, -0.2) is 25.2 Å². The minimum atomic E-state index is -0.0314. The maximum absolute atomic E-state index is 6.14. The molecule has 1 aromatic rings. The normalized spacial score (nSPS) is 27.4. The van der Waals surface area contributed by atoms with Crippen molar-refractivity contribution in [2.75, 3.05) is 25.0 Å². The molecule has 0 radical (unpaired) electrons. The second-order valence-electron chi connectivity index (χ2n) is 5.33. The van der Waals surface area contributed by atoms with E-state index >= 15 is 0 Å². The van der Waals surface area contributed by atoms with Gasteiger partial charge in [-0.2, -0.15) is 0 Å². The van der Waals surface area contributed by atoms with Crippen LogP contribution in [0.5, 0.6) is 5.75 Å². The molecule has 3 rings (SSSR count). The molecular formula is C14H20N2O. The summed E-state index contributed by atoms with van der Waals surface area (Å²) in [6.07, 6.45) is 3.46. The predicted octanol–water partition coefficient (Wildman–Crippen LogP) is 2.18. The van der Waals surface area contributed by atoms with E-state index in [0.717, 1.165) is 38.2 Å². The average Bonchev–Trinajstić information content (AvgIpc) is 2.76. The highest BCUT2D eigenvalue weighted by molar-refractivity contribution is 5.55. The van der Waals surface area contributed by atoms with Crippen LogP contribution in [0.3, 0.4) is 0 Å². The zero-order valence-electron chi connectivity index (χ0n) is 10.4. The Labute approximate surface area is 103 Å². The molecule has 2 heterocycles. The lowest BCUT2D eigenvalue weighted by atomic mass is 10.0. The number of rotatable bonds is 2. The molecule has 92 valence electrons. The molecule has 1 saturated heterocycles. The van der Waals surface area contributed by atoms with Crippen molar-refractivity contribution in [3.63, 3.8) is 0 Å². The Morgan fingerprint density at radius 2 is 2.24 bits per heavy atom. The number of hydrogen-bond acceptors (Lipinski definition) is 3. The van der Waals surface area contributed by atoms with Crippen molar-refractivity contribution in [1.82, 2.24) is 5.32 Å². The van der Waals surface area contributed by atoms with Gasteiger partial charge in [-0.3, -0.25) is 0 Å². The fourth-order valence-electron chi connectivity index (χ4n) is 2.68.